The number of aromatic nitrogens is 4. The number of aromatic amines is 2. The van der Waals surface area contributed by atoms with Crippen LogP contribution < -0.4 is 5.73 Å². The van der Waals surface area contributed by atoms with Gasteiger partial charge in [0.25, 0.3) is 0 Å². The number of nitrogens with one attached hydrogen (secondary N) is 2. The van der Waals surface area contributed by atoms with Crippen LogP contribution in [-0.4, -0.2) is 37.9 Å². The van der Waals surface area contributed by atoms with Crippen LogP contribution >= 0.6 is 0 Å². The van der Waals surface area contributed by atoms with Crippen LogP contribution in [0.4, 0.5) is 5.82 Å². The maximum Gasteiger partial charge on any atom is 0.180 e. The highest BCUT2D eigenvalue weighted by molar-refractivity contribution is 5.95. The molecule has 0 saturated carbocycles. The van der Waals surface area contributed by atoms with Gasteiger partial charge in [-0.25, -0.2) is 9.97 Å². The monoisotopic (exact) mass is 374 g/mol. The molecule has 0 aliphatic carbocycles. The topological polar surface area (TPSA) is 86.6 Å². The minimum absolute atomic E-state index is 0.479. The number of nitrogen functional groups attached to an aromatic ring is 1. The molecule has 0 bridgehead atoms. The minimum Gasteiger partial charge on any atom is -0.384 e. The number of nitrogens with zero attached hydrogens (tertiary/aromatic N) is 3. The third-order valence-corrected chi connectivity index (χ3v) is 5.86. The molecule has 5 rings (SSSR count). The molecule has 0 atom stereocenters. The lowest BCUT2D eigenvalue weighted by Gasteiger charge is -2.30. The molecule has 1 aliphatic heterocycles. The van der Waals surface area contributed by atoms with Crippen molar-refractivity contribution in [3.8, 4) is 11.3 Å². The molecule has 3 aromatic heterocycles. The molecule has 0 unspecified atom stereocenters. The van der Waals surface area contributed by atoms with Gasteiger partial charge in [0.2, 0.25) is 0 Å². The second-order valence-electron chi connectivity index (χ2n) is 8.18. The van der Waals surface area contributed by atoms with E-state index in [0.29, 0.717) is 11.5 Å². The third-order valence-electron chi connectivity index (χ3n) is 5.86. The summed E-state index contributed by atoms with van der Waals surface area (Å²) < 4.78 is 0. The Hall–Kier alpha value is -2.86. The van der Waals surface area contributed by atoms with Crippen LogP contribution in [0.1, 0.15) is 31.2 Å². The van der Waals surface area contributed by atoms with Gasteiger partial charge in [-0.3, -0.25) is 4.90 Å². The van der Waals surface area contributed by atoms with Gasteiger partial charge in [-0.2, -0.15) is 0 Å². The predicted octanol–water partition coefficient (Wildman–Crippen LogP) is 4.23. The summed E-state index contributed by atoms with van der Waals surface area (Å²) in [6.07, 6.45) is 2.61. The first-order valence-corrected chi connectivity index (χ1v) is 10.0. The number of fused-ring (bicyclic) bond motifs is 2. The highest BCUT2D eigenvalue weighted by Gasteiger charge is 2.16. The SMILES string of the molecule is Cc1nc2nc(N)cc(-c3cc4cc(CN5CCC(C)CC5)ccc4[nH]3)c2[nH]1. The van der Waals surface area contributed by atoms with Crippen molar-refractivity contribution < 1.29 is 0 Å². The van der Waals surface area contributed by atoms with Gasteiger partial charge in [-0.15, -0.1) is 0 Å². The number of nitrogens with two attached hydrogens (primary N) is 1. The number of likely N-dealkylation sites (tertiary alicyclic amines) is 1. The Morgan fingerprint density at radius 1 is 1.11 bits per heavy atom. The number of H-pyrrole nitrogens is 2. The van der Waals surface area contributed by atoms with Gasteiger partial charge in [0.05, 0.1) is 5.52 Å². The zero-order chi connectivity index (χ0) is 19.3. The molecular formula is C22H26N6. The summed E-state index contributed by atoms with van der Waals surface area (Å²) in [6.45, 7) is 7.71. The highest BCUT2D eigenvalue weighted by Crippen LogP contribution is 2.31. The Balaban J connectivity index is 1.49. The maximum absolute atomic E-state index is 6.02. The first kappa shape index (κ1) is 17.3. The van der Waals surface area contributed by atoms with E-state index in [9.17, 15) is 0 Å². The van der Waals surface area contributed by atoms with Crippen LogP contribution in [0.5, 0.6) is 0 Å². The lowest BCUT2D eigenvalue weighted by Crippen LogP contribution is -2.32. The first-order chi connectivity index (χ1) is 13.5. The fraction of sp³-hybridized carbons (Fsp3) is 0.364. The molecule has 6 nitrogen and oxygen atoms in total. The molecule has 0 amide bonds. The molecule has 0 radical (unpaired) electrons. The Labute approximate surface area is 164 Å². The Bertz CT molecular complexity index is 1150. The van der Waals surface area contributed by atoms with E-state index in [4.69, 9.17) is 5.73 Å². The minimum atomic E-state index is 0.479. The fourth-order valence-electron chi connectivity index (χ4n) is 4.24. The van der Waals surface area contributed by atoms with Gasteiger partial charge in [0.1, 0.15) is 11.6 Å². The molecular weight excluding hydrogens is 348 g/mol. The Kier molecular flexibility index (Phi) is 4.09. The first-order valence-electron chi connectivity index (χ1n) is 10.0. The maximum atomic E-state index is 6.02. The van der Waals surface area contributed by atoms with E-state index in [1.165, 1.54) is 36.9 Å². The predicted molar refractivity (Wildman–Crippen MR) is 114 cm³/mol. The van der Waals surface area contributed by atoms with Crippen LogP contribution in [0.2, 0.25) is 0 Å². The molecule has 1 aromatic carbocycles. The number of hydrogen-bond acceptors (Lipinski definition) is 4. The number of pyridine rings is 1. The summed E-state index contributed by atoms with van der Waals surface area (Å²) in [5.74, 6) is 2.18. The van der Waals surface area contributed by atoms with Crippen molar-refractivity contribution in [2.75, 3.05) is 18.8 Å². The molecule has 1 aliphatic rings. The number of aryl methyl sites for hydroxylation is 1. The van der Waals surface area contributed by atoms with Crippen molar-refractivity contribution >= 4 is 27.9 Å². The van der Waals surface area contributed by atoms with Gasteiger partial charge < -0.3 is 15.7 Å². The van der Waals surface area contributed by atoms with Crippen LogP contribution in [0.3, 0.4) is 0 Å². The van der Waals surface area contributed by atoms with E-state index in [2.05, 4.69) is 56.0 Å². The van der Waals surface area contributed by atoms with E-state index in [1.807, 2.05) is 13.0 Å². The van der Waals surface area contributed by atoms with Crippen molar-refractivity contribution in [3.05, 3.63) is 41.7 Å². The van der Waals surface area contributed by atoms with E-state index in [1.54, 1.807) is 0 Å². The summed E-state index contributed by atoms with van der Waals surface area (Å²) >= 11 is 0. The molecule has 1 fully saturated rings. The molecule has 4 heterocycles. The van der Waals surface area contributed by atoms with Crippen LogP contribution in [0.15, 0.2) is 30.3 Å². The summed E-state index contributed by atoms with van der Waals surface area (Å²) in [7, 11) is 0. The molecule has 4 N–H and O–H groups in total. The molecule has 6 heteroatoms. The second kappa shape index (κ2) is 6.63. The summed E-state index contributed by atoms with van der Waals surface area (Å²) in [5, 5.41) is 1.22. The summed E-state index contributed by atoms with van der Waals surface area (Å²) in [5.41, 5.74) is 12.1. The average molecular weight is 374 g/mol. The van der Waals surface area contributed by atoms with E-state index in [0.717, 1.165) is 40.6 Å². The number of anilines is 1. The van der Waals surface area contributed by atoms with Gasteiger partial charge in [-0.05, 0) is 68.6 Å². The van der Waals surface area contributed by atoms with E-state index in [-0.39, 0.29) is 0 Å². The van der Waals surface area contributed by atoms with Crippen molar-refractivity contribution in [1.29, 1.82) is 0 Å². The van der Waals surface area contributed by atoms with Crippen molar-refractivity contribution in [3.63, 3.8) is 0 Å². The van der Waals surface area contributed by atoms with Crippen molar-refractivity contribution in [1.82, 2.24) is 24.8 Å². The molecule has 4 aromatic rings. The normalized spacial score (nSPS) is 16.4. The van der Waals surface area contributed by atoms with E-state index >= 15 is 0 Å². The van der Waals surface area contributed by atoms with Crippen molar-refractivity contribution in [2.45, 2.75) is 33.2 Å². The smallest absolute Gasteiger partial charge is 0.180 e. The largest absolute Gasteiger partial charge is 0.384 e. The lowest BCUT2D eigenvalue weighted by atomic mass is 9.99. The van der Waals surface area contributed by atoms with Gasteiger partial charge in [0, 0.05) is 28.7 Å². The molecule has 144 valence electrons. The van der Waals surface area contributed by atoms with Crippen LogP contribution in [0, 0.1) is 12.8 Å². The number of rotatable bonds is 3. The van der Waals surface area contributed by atoms with Crippen molar-refractivity contribution in [2.24, 2.45) is 5.92 Å². The fourth-order valence-corrected chi connectivity index (χ4v) is 4.24. The molecule has 1 saturated heterocycles. The zero-order valence-corrected chi connectivity index (χ0v) is 16.4. The number of hydrogen-bond donors (Lipinski definition) is 3. The highest BCUT2D eigenvalue weighted by atomic mass is 15.1. The number of benzene rings is 1. The quantitative estimate of drug-likeness (QED) is 0.501. The molecule has 28 heavy (non-hydrogen) atoms. The summed E-state index contributed by atoms with van der Waals surface area (Å²) in [4.78, 5) is 18.2. The van der Waals surface area contributed by atoms with Crippen LogP contribution in [0.25, 0.3) is 33.3 Å². The van der Waals surface area contributed by atoms with Gasteiger partial charge >= 0.3 is 0 Å². The van der Waals surface area contributed by atoms with Gasteiger partial charge in [-0.1, -0.05) is 13.0 Å². The van der Waals surface area contributed by atoms with Crippen LogP contribution in [-0.2, 0) is 6.54 Å². The standard InChI is InChI=1S/C22H26N6/c1-13-5-7-28(8-6-13)12-15-3-4-18-16(9-15)10-19(26-18)17-11-20(23)27-22-21(17)24-14(2)25-22/h3-4,9-11,13,26H,5-8,12H2,1-2H3,(H3,23,24,25,27). The lowest BCUT2D eigenvalue weighted by molar-refractivity contribution is 0.185. The van der Waals surface area contributed by atoms with Gasteiger partial charge in [0.15, 0.2) is 5.65 Å². The zero-order valence-electron chi connectivity index (χ0n) is 16.4. The van der Waals surface area contributed by atoms with E-state index < -0.39 is 0 Å². The second-order valence-corrected chi connectivity index (χ2v) is 8.18. The number of piperidine rings is 1. The molecule has 0 spiro atoms. The average Bonchev–Trinajstić information content (AvgIpc) is 3.25. The Morgan fingerprint density at radius 2 is 1.93 bits per heavy atom. The third kappa shape index (κ3) is 3.14. The Morgan fingerprint density at radius 3 is 2.75 bits per heavy atom. The number of imidazole rings is 1. The summed E-state index contributed by atoms with van der Waals surface area (Å²) in [6, 6.07) is 10.8.